The highest BCUT2D eigenvalue weighted by molar-refractivity contribution is 5.92. The summed E-state index contributed by atoms with van der Waals surface area (Å²) in [5, 5.41) is 3.98. The first-order chi connectivity index (χ1) is 16.4. The predicted octanol–water partition coefficient (Wildman–Crippen LogP) is 8.20. The van der Waals surface area contributed by atoms with Gasteiger partial charge in [-0.05, 0) is 61.2 Å². The second kappa shape index (κ2) is 12.2. The summed E-state index contributed by atoms with van der Waals surface area (Å²) >= 11 is 0. The van der Waals surface area contributed by atoms with Gasteiger partial charge < -0.3 is 5.32 Å². The van der Waals surface area contributed by atoms with Gasteiger partial charge in [0.15, 0.2) is 0 Å². The van der Waals surface area contributed by atoms with Gasteiger partial charge >= 0.3 is 0 Å². The molecule has 0 radical (unpaired) electrons. The van der Waals surface area contributed by atoms with Crippen molar-refractivity contribution in [2.45, 2.75) is 105 Å². The topological polar surface area (TPSA) is 29.1 Å². The Hall–Kier alpha value is -1.83. The van der Waals surface area contributed by atoms with Gasteiger partial charge in [-0.15, -0.1) is 0 Å². The number of aryl methyl sites for hydroxylation is 1. The zero-order valence-electron chi connectivity index (χ0n) is 22.8. The van der Waals surface area contributed by atoms with Crippen LogP contribution in [0.25, 0.3) is 0 Å². The van der Waals surface area contributed by atoms with E-state index in [9.17, 15) is 4.79 Å². The van der Waals surface area contributed by atoms with E-state index in [0.29, 0.717) is 23.7 Å². The molecule has 1 aromatic carbocycles. The molecule has 1 fully saturated rings. The van der Waals surface area contributed by atoms with Gasteiger partial charge in [-0.3, -0.25) is 4.79 Å². The molecule has 2 aliphatic carbocycles. The molecule has 4 unspecified atom stereocenters. The lowest BCUT2D eigenvalue weighted by Gasteiger charge is -2.33. The molecule has 0 saturated heterocycles. The summed E-state index contributed by atoms with van der Waals surface area (Å²) in [5.41, 5.74) is 6.50. The zero-order chi connectivity index (χ0) is 24.8. The second-order valence-electron chi connectivity index (χ2n) is 11.2. The zero-order valence-corrected chi connectivity index (χ0v) is 22.8. The molecule has 34 heavy (non-hydrogen) atoms. The van der Waals surface area contributed by atoms with Crippen molar-refractivity contribution in [3.63, 3.8) is 0 Å². The lowest BCUT2D eigenvalue weighted by Crippen LogP contribution is -2.37. The first-order valence-electron chi connectivity index (χ1n) is 14.2. The van der Waals surface area contributed by atoms with Crippen LogP contribution in [0.2, 0.25) is 0 Å². The third-order valence-corrected chi connectivity index (χ3v) is 8.29. The number of hydrogen-bond acceptors (Lipinski definition) is 2. The molecule has 1 N–H and O–H groups in total. The average Bonchev–Trinajstić information content (AvgIpc) is 3.18. The largest absolute Gasteiger partial charge is 0.384 e. The fourth-order valence-electron chi connectivity index (χ4n) is 6.60. The molecule has 1 aliphatic heterocycles. The molecule has 4 rings (SSSR count). The number of hydrogen-bond donors (Lipinski definition) is 1. The van der Waals surface area contributed by atoms with Crippen molar-refractivity contribution < 1.29 is 4.79 Å². The number of allylic oxidation sites excluding steroid dienone is 2. The Bertz CT molecular complexity index is 856. The fraction of sp³-hybridized carbons (Fsp3) is 0.656. The smallest absolute Gasteiger partial charge is 0.149 e. The number of rotatable bonds is 7. The Morgan fingerprint density at radius 1 is 1.03 bits per heavy atom. The Kier molecular flexibility index (Phi) is 9.63. The maximum absolute atomic E-state index is 13.5. The van der Waals surface area contributed by atoms with Gasteiger partial charge in [0, 0.05) is 23.6 Å². The highest BCUT2D eigenvalue weighted by atomic mass is 16.1. The van der Waals surface area contributed by atoms with Gasteiger partial charge in [-0.2, -0.15) is 0 Å². The van der Waals surface area contributed by atoms with E-state index in [1.54, 1.807) is 0 Å². The Morgan fingerprint density at radius 2 is 1.68 bits per heavy atom. The molecule has 2 heteroatoms. The minimum atomic E-state index is -0.00625. The van der Waals surface area contributed by atoms with Crippen LogP contribution in [0.1, 0.15) is 97.1 Å². The molecule has 1 saturated carbocycles. The molecular weight excluding hydrogens is 414 g/mol. The highest BCUT2D eigenvalue weighted by Gasteiger charge is 2.47. The monoisotopic (exact) mass is 463 g/mol. The molecule has 188 valence electrons. The molecule has 1 aromatic rings. The van der Waals surface area contributed by atoms with Crippen molar-refractivity contribution >= 4 is 5.78 Å². The van der Waals surface area contributed by atoms with Gasteiger partial charge in [-0.1, -0.05) is 103 Å². The van der Waals surface area contributed by atoms with E-state index in [0.717, 1.165) is 30.8 Å². The molecule has 0 bridgehead atoms. The van der Waals surface area contributed by atoms with E-state index in [-0.39, 0.29) is 11.8 Å². The first-order valence-corrected chi connectivity index (χ1v) is 14.2. The molecule has 1 heterocycles. The summed E-state index contributed by atoms with van der Waals surface area (Å²) in [6.07, 6.45) is 11.0. The summed E-state index contributed by atoms with van der Waals surface area (Å²) < 4.78 is 0. The minimum absolute atomic E-state index is 0.00625. The molecule has 0 spiro atoms. The van der Waals surface area contributed by atoms with Gasteiger partial charge in [-0.25, -0.2) is 0 Å². The van der Waals surface area contributed by atoms with Crippen LogP contribution < -0.4 is 5.32 Å². The maximum atomic E-state index is 13.5. The SMILES string of the molecule is C=C1C2=C(NC(CC3CCCCC3)C2Cc2ccc(C)cc2)C(CC(C)C)C(=O)C1CC.CC. The van der Waals surface area contributed by atoms with Gasteiger partial charge in [0.05, 0.1) is 5.92 Å². The van der Waals surface area contributed by atoms with Crippen molar-refractivity contribution in [3.05, 3.63) is 58.8 Å². The number of carbonyl (C=O) groups excluding carboxylic acids is 1. The normalized spacial score (nSPS) is 27.4. The van der Waals surface area contributed by atoms with Crippen molar-refractivity contribution in [3.8, 4) is 0 Å². The number of Topliss-reactive ketones (excluding diaryl/α,β-unsaturated/α-hetero) is 1. The average molecular weight is 464 g/mol. The first kappa shape index (κ1) is 26.8. The number of benzene rings is 1. The predicted molar refractivity (Wildman–Crippen MR) is 146 cm³/mol. The van der Waals surface area contributed by atoms with Crippen molar-refractivity contribution in [1.29, 1.82) is 0 Å². The van der Waals surface area contributed by atoms with Crippen LogP contribution in [0.3, 0.4) is 0 Å². The molecular formula is C32H49NO. The van der Waals surface area contributed by atoms with Crippen LogP contribution >= 0.6 is 0 Å². The minimum Gasteiger partial charge on any atom is -0.384 e. The van der Waals surface area contributed by atoms with Gasteiger partial charge in [0.25, 0.3) is 0 Å². The van der Waals surface area contributed by atoms with Crippen molar-refractivity contribution in [1.82, 2.24) is 5.32 Å². The van der Waals surface area contributed by atoms with Crippen molar-refractivity contribution in [2.75, 3.05) is 0 Å². The molecule has 4 atom stereocenters. The number of ketones is 1. The van der Waals surface area contributed by atoms with Crippen LogP contribution in [0.15, 0.2) is 47.7 Å². The van der Waals surface area contributed by atoms with Crippen LogP contribution in [0.5, 0.6) is 0 Å². The fourth-order valence-corrected chi connectivity index (χ4v) is 6.60. The third kappa shape index (κ3) is 5.86. The van der Waals surface area contributed by atoms with E-state index in [1.807, 2.05) is 13.8 Å². The second-order valence-corrected chi connectivity index (χ2v) is 11.2. The number of nitrogens with one attached hydrogen (secondary N) is 1. The summed E-state index contributed by atoms with van der Waals surface area (Å²) in [6.45, 7) is 17.3. The van der Waals surface area contributed by atoms with Crippen LogP contribution in [0.4, 0.5) is 0 Å². The lowest BCUT2D eigenvalue weighted by molar-refractivity contribution is -0.125. The van der Waals surface area contributed by atoms with Gasteiger partial charge in [0.2, 0.25) is 0 Å². The molecule has 2 nitrogen and oxygen atoms in total. The third-order valence-electron chi connectivity index (χ3n) is 8.29. The van der Waals surface area contributed by atoms with E-state index < -0.39 is 0 Å². The van der Waals surface area contributed by atoms with Crippen LogP contribution in [-0.2, 0) is 11.2 Å². The van der Waals surface area contributed by atoms with E-state index >= 15 is 0 Å². The maximum Gasteiger partial charge on any atom is 0.149 e. The summed E-state index contributed by atoms with van der Waals surface area (Å²) in [4.78, 5) is 13.5. The van der Waals surface area contributed by atoms with Gasteiger partial charge in [0.1, 0.15) is 5.78 Å². The standard InChI is InChI=1S/C30H43NO.C2H6/c1-6-24-21(5)28-25(17-23-14-12-20(4)13-15-23)27(18-22-10-8-7-9-11-22)31-29(28)26(30(24)32)16-19(2)3;1-2/h12-15,19,22,24-27,31H,5-11,16-18H2,1-4H3;1-2H3. The van der Waals surface area contributed by atoms with E-state index in [4.69, 9.17) is 0 Å². The molecule has 3 aliphatic rings. The summed E-state index contributed by atoms with van der Waals surface area (Å²) in [7, 11) is 0. The van der Waals surface area contributed by atoms with E-state index in [1.165, 1.54) is 60.9 Å². The highest BCUT2D eigenvalue weighted by Crippen LogP contribution is 2.48. The quantitative estimate of drug-likeness (QED) is 0.441. The Balaban J connectivity index is 0.00000158. The lowest BCUT2D eigenvalue weighted by atomic mass is 9.69. The Morgan fingerprint density at radius 3 is 2.26 bits per heavy atom. The molecule has 0 amide bonds. The van der Waals surface area contributed by atoms with Crippen molar-refractivity contribution in [2.24, 2.45) is 29.6 Å². The summed E-state index contributed by atoms with van der Waals surface area (Å²) in [6, 6.07) is 9.49. The van der Waals surface area contributed by atoms with Crippen LogP contribution in [-0.4, -0.2) is 11.8 Å². The number of carbonyl (C=O) groups is 1. The molecule has 0 aromatic heterocycles. The van der Waals surface area contributed by atoms with Crippen LogP contribution in [0, 0.1) is 36.5 Å². The summed E-state index contributed by atoms with van der Waals surface area (Å²) in [5.74, 6) is 2.18. The van der Waals surface area contributed by atoms with E-state index in [2.05, 4.69) is 63.9 Å². The Labute approximate surface area is 209 Å².